The maximum Gasteiger partial charge on any atom is 0.166 e. The molecular formula is C61H37N5. The topological polar surface area (TPSA) is 48.5 Å². The second kappa shape index (κ2) is 14.3. The summed E-state index contributed by atoms with van der Waals surface area (Å²) in [4.78, 5) is 16.3. The first-order valence-corrected chi connectivity index (χ1v) is 22.4. The molecular weight excluding hydrogens is 803 g/mol. The van der Waals surface area contributed by atoms with Gasteiger partial charge in [0.05, 0.1) is 33.3 Å². The van der Waals surface area contributed by atoms with Gasteiger partial charge in [-0.15, -0.1) is 0 Å². The standard InChI is InChI=1S/C61H37N5/c1-2-17-39(18-3-1)59-62-60(52-36-41-19-5-6-20-44(41)46-22-8-9-23-47(46)52)64-61(63-59)58-45-21-7-4-16-38(45)31-33-56(58)66-55-29-15-12-26-50(55)51-35-40-30-32-43(34-42(40)37-57(51)66)65-53-27-13-10-24-48(53)49-25-11-14-28-54(49)65/h1-37H. The zero-order valence-corrected chi connectivity index (χ0v) is 35.6. The fourth-order valence-electron chi connectivity index (χ4n) is 10.5. The lowest BCUT2D eigenvalue weighted by Crippen LogP contribution is -2.04. The Labute approximate surface area is 379 Å². The van der Waals surface area contributed by atoms with Crippen LogP contribution in [-0.2, 0) is 0 Å². The van der Waals surface area contributed by atoms with Crippen LogP contribution < -0.4 is 0 Å². The molecule has 14 aromatic rings. The first kappa shape index (κ1) is 36.5. The Morgan fingerprint density at radius 3 is 1.56 bits per heavy atom. The van der Waals surface area contributed by atoms with Crippen LogP contribution >= 0.6 is 0 Å². The van der Waals surface area contributed by atoms with Crippen molar-refractivity contribution < 1.29 is 0 Å². The summed E-state index contributed by atoms with van der Waals surface area (Å²) in [5.41, 5.74) is 9.57. The Balaban J connectivity index is 1.06. The molecule has 306 valence electrons. The molecule has 3 aromatic heterocycles. The van der Waals surface area contributed by atoms with Crippen LogP contribution in [0.4, 0.5) is 0 Å². The first-order chi connectivity index (χ1) is 32.7. The maximum atomic E-state index is 5.54. The fourth-order valence-corrected chi connectivity index (χ4v) is 10.5. The third-order valence-electron chi connectivity index (χ3n) is 13.5. The minimum Gasteiger partial charge on any atom is -0.309 e. The zero-order valence-electron chi connectivity index (χ0n) is 35.6. The van der Waals surface area contributed by atoms with Gasteiger partial charge in [-0.2, -0.15) is 0 Å². The lowest BCUT2D eigenvalue weighted by atomic mass is 9.96. The van der Waals surface area contributed by atoms with Crippen molar-refractivity contribution >= 4 is 86.7 Å². The normalized spacial score (nSPS) is 11.9. The Bertz CT molecular complexity index is 4240. The van der Waals surface area contributed by atoms with Gasteiger partial charge in [0.15, 0.2) is 17.5 Å². The second-order valence-corrected chi connectivity index (χ2v) is 17.2. The molecule has 0 saturated heterocycles. The average Bonchev–Trinajstić information content (AvgIpc) is 3.89. The van der Waals surface area contributed by atoms with Gasteiger partial charge in [0.1, 0.15) is 0 Å². The zero-order chi connectivity index (χ0) is 43.3. The van der Waals surface area contributed by atoms with E-state index in [1.807, 2.05) is 18.2 Å². The number of benzene rings is 11. The number of hydrogen-bond acceptors (Lipinski definition) is 3. The van der Waals surface area contributed by atoms with E-state index in [1.165, 1.54) is 48.7 Å². The highest BCUT2D eigenvalue weighted by Crippen LogP contribution is 2.42. The van der Waals surface area contributed by atoms with Crippen LogP contribution in [0.1, 0.15) is 0 Å². The molecule has 0 N–H and O–H groups in total. The highest BCUT2D eigenvalue weighted by molar-refractivity contribution is 6.16. The summed E-state index contributed by atoms with van der Waals surface area (Å²) in [6.45, 7) is 0. The summed E-state index contributed by atoms with van der Waals surface area (Å²) in [5, 5.41) is 14.0. The average molecular weight is 840 g/mol. The second-order valence-electron chi connectivity index (χ2n) is 17.2. The van der Waals surface area contributed by atoms with Gasteiger partial charge in [-0.1, -0.05) is 170 Å². The van der Waals surface area contributed by atoms with E-state index in [0.717, 1.165) is 66.0 Å². The highest BCUT2D eigenvalue weighted by atomic mass is 15.1. The van der Waals surface area contributed by atoms with Gasteiger partial charge in [-0.3, -0.25) is 0 Å². The molecule has 0 fully saturated rings. The van der Waals surface area contributed by atoms with E-state index in [9.17, 15) is 0 Å². The van der Waals surface area contributed by atoms with Crippen LogP contribution in [0.3, 0.4) is 0 Å². The fraction of sp³-hybridized carbons (Fsp3) is 0. The largest absolute Gasteiger partial charge is 0.309 e. The Hall–Kier alpha value is -8.93. The molecule has 66 heavy (non-hydrogen) atoms. The maximum absolute atomic E-state index is 5.54. The highest BCUT2D eigenvalue weighted by Gasteiger charge is 2.23. The van der Waals surface area contributed by atoms with E-state index in [2.05, 4.69) is 215 Å². The minimum atomic E-state index is 0.614. The van der Waals surface area contributed by atoms with Crippen molar-refractivity contribution in [2.45, 2.75) is 0 Å². The van der Waals surface area contributed by atoms with Crippen LogP contribution in [0.5, 0.6) is 0 Å². The van der Waals surface area contributed by atoms with Gasteiger partial charge in [0.2, 0.25) is 0 Å². The molecule has 0 unspecified atom stereocenters. The summed E-state index contributed by atoms with van der Waals surface area (Å²) in [6.07, 6.45) is 0. The number of nitrogens with zero attached hydrogens (tertiary/aromatic N) is 5. The number of hydrogen-bond donors (Lipinski definition) is 0. The van der Waals surface area contributed by atoms with Gasteiger partial charge in [0.25, 0.3) is 0 Å². The first-order valence-electron chi connectivity index (χ1n) is 22.4. The van der Waals surface area contributed by atoms with Gasteiger partial charge in [-0.25, -0.2) is 15.0 Å². The summed E-state index contributed by atoms with van der Waals surface area (Å²) in [7, 11) is 0. The van der Waals surface area contributed by atoms with Crippen LogP contribution in [0, 0.1) is 0 Å². The van der Waals surface area contributed by atoms with Gasteiger partial charge in [0, 0.05) is 38.4 Å². The van der Waals surface area contributed by atoms with Crippen molar-refractivity contribution in [3.8, 4) is 45.5 Å². The molecule has 0 aliphatic carbocycles. The third-order valence-corrected chi connectivity index (χ3v) is 13.5. The molecule has 0 aliphatic rings. The third kappa shape index (κ3) is 5.50. The van der Waals surface area contributed by atoms with Crippen molar-refractivity contribution in [3.05, 3.63) is 224 Å². The molecule has 5 heteroatoms. The minimum absolute atomic E-state index is 0.614. The van der Waals surface area contributed by atoms with Crippen LogP contribution in [0.25, 0.3) is 132 Å². The Morgan fingerprint density at radius 1 is 0.273 bits per heavy atom. The molecule has 0 radical (unpaired) electrons. The molecule has 14 rings (SSSR count). The number of para-hydroxylation sites is 3. The van der Waals surface area contributed by atoms with Crippen molar-refractivity contribution in [3.63, 3.8) is 0 Å². The summed E-state index contributed by atoms with van der Waals surface area (Å²) < 4.78 is 4.82. The summed E-state index contributed by atoms with van der Waals surface area (Å²) in [6, 6.07) is 80.5. The Kier molecular flexibility index (Phi) is 7.91. The van der Waals surface area contributed by atoms with E-state index in [1.54, 1.807) is 0 Å². The van der Waals surface area contributed by atoms with Crippen molar-refractivity contribution in [2.75, 3.05) is 0 Å². The molecule has 3 heterocycles. The lowest BCUT2D eigenvalue weighted by Gasteiger charge is -2.18. The Morgan fingerprint density at radius 2 is 0.818 bits per heavy atom. The van der Waals surface area contributed by atoms with E-state index in [4.69, 9.17) is 15.0 Å². The van der Waals surface area contributed by atoms with E-state index >= 15 is 0 Å². The van der Waals surface area contributed by atoms with E-state index in [-0.39, 0.29) is 0 Å². The van der Waals surface area contributed by atoms with Gasteiger partial charge < -0.3 is 9.13 Å². The van der Waals surface area contributed by atoms with E-state index < -0.39 is 0 Å². The number of fused-ring (bicyclic) bond motifs is 11. The van der Waals surface area contributed by atoms with Gasteiger partial charge >= 0.3 is 0 Å². The van der Waals surface area contributed by atoms with Crippen molar-refractivity contribution in [1.29, 1.82) is 0 Å². The van der Waals surface area contributed by atoms with Crippen molar-refractivity contribution in [1.82, 2.24) is 24.1 Å². The van der Waals surface area contributed by atoms with Crippen LogP contribution in [-0.4, -0.2) is 24.1 Å². The quantitative estimate of drug-likeness (QED) is 0.162. The SMILES string of the molecule is c1ccc(-c2nc(-c3c(-n4c5ccccc5c5cc6ccc(-n7c8ccccc8c8ccccc87)cc6cc54)ccc4ccccc34)nc(-c3cc4ccccc4c4ccccc34)n2)cc1. The molecule has 0 amide bonds. The molecule has 0 atom stereocenters. The monoisotopic (exact) mass is 839 g/mol. The molecule has 0 aliphatic heterocycles. The smallest absolute Gasteiger partial charge is 0.166 e. The molecule has 0 bridgehead atoms. The van der Waals surface area contributed by atoms with Crippen LogP contribution in [0.15, 0.2) is 224 Å². The molecule has 0 saturated carbocycles. The molecule has 11 aromatic carbocycles. The van der Waals surface area contributed by atoms with E-state index in [0.29, 0.717) is 17.5 Å². The number of aromatic nitrogens is 5. The predicted molar refractivity (Wildman–Crippen MR) is 275 cm³/mol. The molecule has 0 spiro atoms. The number of rotatable bonds is 5. The van der Waals surface area contributed by atoms with Crippen molar-refractivity contribution in [2.24, 2.45) is 0 Å². The molecule has 5 nitrogen and oxygen atoms in total. The predicted octanol–water partition coefficient (Wildman–Crippen LogP) is 15.7. The summed E-state index contributed by atoms with van der Waals surface area (Å²) >= 11 is 0. The van der Waals surface area contributed by atoms with Gasteiger partial charge in [-0.05, 0) is 97.7 Å². The summed E-state index contributed by atoms with van der Waals surface area (Å²) in [5.74, 6) is 1.87. The lowest BCUT2D eigenvalue weighted by molar-refractivity contribution is 1.07. The van der Waals surface area contributed by atoms with Crippen LogP contribution in [0.2, 0.25) is 0 Å².